The van der Waals surface area contributed by atoms with E-state index < -0.39 is 5.97 Å². The van der Waals surface area contributed by atoms with E-state index in [0.29, 0.717) is 49.8 Å². The van der Waals surface area contributed by atoms with E-state index in [2.05, 4.69) is 4.90 Å². The lowest BCUT2D eigenvalue weighted by Crippen LogP contribution is -2.48. The quantitative estimate of drug-likeness (QED) is 0.748. The predicted molar refractivity (Wildman–Crippen MR) is 96.4 cm³/mol. The third-order valence-corrected chi connectivity index (χ3v) is 4.43. The topological polar surface area (TPSA) is 88.5 Å². The number of amides is 1. The third-order valence-electron chi connectivity index (χ3n) is 4.43. The average molecular weight is 366 g/mol. The lowest BCUT2D eigenvalue weighted by molar-refractivity contribution is -0.137. The maximum atomic E-state index is 12.2. The molecule has 0 aliphatic carbocycles. The van der Waals surface area contributed by atoms with Crippen molar-refractivity contribution in [1.82, 2.24) is 4.90 Å². The molecular formula is C18H26N2O6. The van der Waals surface area contributed by atoms with Crippen LogP contribution in [0.5, 0.6) is 17.2 Å². The average Bonchev–Trinajstić information content (AvgIpc) is 2.66. The second-order valence-corrected chi connectivity index (χ2v) is 6.00. The molecule has 1 heterocycles. The molecule has 0 radical (unpaired) electrons. The van der Waals surface area contributed by atoms with E-state index in [1.54, 1.807) is 26.2 Å². The Hall–Kier alpha value is -2.64. The Labute approximate surface area is 153 Å². The number of anilines is 1. The SMILES string of the molecule is COc1cc(N2CCN(C(=O)CCCC(=O)O)CC2)cc(OC)c1OC. The van der Waals surface area contributed by atoms with Crippen LogP contribution in [0.25, 0.3) is 0 Å². The van der Waals surface area contributed by atoms with Gasteiger partial charge in [0.25, 0.3) is 0 Å². The first kappa shape index (κ1) is 19.7. The van der Waals surface area contributed by atoms with Crippen LogP contribution in [-0.2, 0) is 9.59 Å². The predicted octanol–water partition coefficient (Wildman–Crippen LogP) is 1.62. The van der Waals surface area contributed by atoms with Gasteiger partial charge in [0.05, 0.1) is 21.3 Å². The van der Waals surface area contributed by atoms with E-state index in [-0.39, 0.29) is 18.7 Å². The summed E-state index contributed by atoms with van der Waals surface area (Å²) in [5.74, 6) is 0.870. The highest BCUT2D eigenvalue weighted by Crippen LogP contribution is 2.41. The van der Waals surface area contributed by atoms with Crippen LogP contribution in [0.4, 0.5) is 5.69 Å². The van der Waals surface area contributed by atoms with Crippen LogP contribution in [0.2, 0.25) is 0 Å². The summed E-state index contributed by atoms with van der Waals surface area (Å²) in [5.41, 5.74) is 0.942. The lowest BCUT2D eigenvalue weighted by atomic mass is 10.2. The zero-order chi connectivity index (χ0) is 19.1. The summed E-state index contributed by atoms with van der Waals surface area (Å²) in [6.45, 7) is 2.57. The fourth-order valence-corrected chi connectivity index (χ4v) is 3.01. The van der Waals surface area contributed by atoms with Crippen LogP contribution in [0.3, 0.4) is 0 Å². The van der Waals surface area contributed by atoms with E-state index in [1.165, 1.54) is 0 Å². The minimum Gasteiger partial charge on any atom is -0.493 e. The Morgan fingerprint density at radius 1 is 0.962 bits per heavy atom. The number of carbonyl (C=O) groups is 2. The molecule has 1 amide bonds. The lowest BCUT2D eigenvalue weighted by Gasteiger charge is -2.36. The molecule has 1 N–H and O–H groups in total. The van der Waals surface area contributed by atoms with Gasteiger partial charge in [-0.3, -0.25) is 9.59 Å². The number of nitrogens with zero attached hydrogens (tertiary/aromatic N) is 2. The van der Waals surface area contributed by atoms with E-state index in [9.17, 15) is 9.59 Å². The Morgan fingerprint density at radius 3 is 2.00 bits per heavy atom. The van der Waals surface area contributed by atoms with Crippen molar-refractivity contribution < 1.29 is 28.9 Å². The Morgan fingerprint density at radius 2 is 1.54 bits per heavy atom. The zero-order valence-corrected chi connectivity index (χ0v) is 15.5. The van der Waals surface area contributed by atoms with Gasteiger partial charge in [0.2, 0.25) is 11.7 Å². The fraction of sp³-hybridized carbons (Fsp3) is 0.556. The van der Waals surface area contributed by atoms with Crippen molar-refractivity contribution in [3.05, 3.63) is 12.1 Å². The number of carboxylic acids is 1. The molecule has 1 saturated heterocycles. The summed E-state index contributed by atoms with van der Waals surface area (Å²) in [4.78, 5) is 26.7. The van der Waals surface area contributed by atoms with Gasteiger partial charge < -0.3 is 29.1 Å². The number of carbonyl (C=O) groups excluding carboxylic acids is 1. The Bertz CT molecular complexity index is 616. The van der Waals surface area contributed by atoms with Crippen LogP contribution in [0, 0.1) is 0 Å². The van der Waals surface area contributed by atoms with Crippen molar-refractivity contribution in [2.45, 2.75) is 19.3 Å². The van der Waals surface area contributed by atoms with Gasteiger partial charge in [-0.15, -0.1) is 0 Å². The van der Waals surface area contributed by atoms with Crippen molar-refractivity contribution in [2.24, 2.45) is 0 Å². The molecule has 8 nitrogen and oxygen atoms in total. The van der Waals surface area contributed by atoms with E-state index in [1.807, 2.05) is 12.1 Å². The Balaban J connectivity index is 1.99. The number of aliphatic carboxylic acids is 1. The summed E-state index contributed by atoms with van der Waals surface area (Å²) < 4.78 is 16.1. The summed E-state index contributed by atoms with van der Waals surface area (Å²) in [5, 5.41) is 8.66. The molecule has 2 rings (SSSR count). The van der Waals surface area contributed by atoms with Crippen LogP contribution >= 0.6 is 0 Å². The van der Waals surface area contributed by atoms with E-state index >= 15 is 0 Å². The molecule has 144 valence electrons. The van der Waals surface area contributed by atoms with Gasteiger partial charge in [-0.25, -0.2) is 0 Å². The van der Waals surface area contributed by atoms with Crippen molar-refractivity contribution in [1.29, 1.82) is 0 Å². The van der Waals surface area contributed by atoms with Gasteiger partial charge in [0, 0.05) is 56.8 Å². The second-order valence-electron chi connectivity index (χ2n) is 6.00. The molecule has 0 aromatic heterocycles. The minimum absolute atomic E-state index is 0.00999. The van der Waals surface area contributed by atoms with Gasteiger partial charge in [-0.1, -0.05) is 0 Å². The molecule has 1 aliphatic heterocycles. The molecule has 1 fully saturated rings. The highest BCUT2D eigenvalue weighted by Gasteiger charge is 2.23. The number of ether oxygens (including phenoxy) is 3. The minimum atomic E-state index is -0.870. The van der Waals surface area contributed by atoms with Gasteiger partial charge in [0.1, 0.15) is 0 Å². The first-order chi connectivity index (χ1) is 12.5. The summed E-state index contributed by atoms with van der Waals surface area (Å²) in [7, 11) is 4.72. The molecule has 0 saturated carbocycles. The summed E-state index contributed by atoms with van der Waals surface area (Å²) in [6.07, 6.45) is 0.675. The van der Waals surface area contributed by atoms with Crippen molar-refractivity contribution in [3.63, 3.8) is 0 Å². The van der Waals surface area contributed by atoms with Gasteiger partial charge >= 0.3 is 5.97 Å². The molecule has 0 unspecified atom stereocenters. The van der Waals surface area contributed by atoms with Crippen molar-refractivity contribution in [2.75, 3.05) is 52.4 Å². The first-order valence-electron chi connectivity index (χ1n) is 8.54. The maximum absolute atomic E-state index is 12.2. The summed E-state index contributed by atoms with van der Waals surface area (Å²) in [6, 6.07) is 3.79. The van der Waals surface area contributed by atoms with E-state index in [4.69, 9.17) is 19.3 Å². The fourth-order valence-electron chi connectivity index (χ4n) is 3.01. The molecule has 0 atom stereocenters. The number of methoxy groups -OCH3 is 3. The van der Waals surface area contributed by atoms with Crippen LogP contribution in [0.1, 0.15) is 19.3 Å². The molecule has 1 aliphatic rings. The zero-order valence-electron chi connectivity index (χ0n) is 15.5. The molecule has 0 bridgehead atoms. The van der Waals surface area contributed by atoms with Gasteiger partial charge in [-0.2, -0.15) is 0 Å². The maximum Gasteiger partial charge on any atom is 0.303 e. The highest BCUT2D eigenvalue weighted by molar-refractivity contribution is 5.77. The van der Waals surface area contributed by atoms with Crippen LogP contribution in [-0.4, -0.2) is 69.4 Å². The third kappa shape index (κ3) is 4.71. The number of piperazine rings is 1. The van der Waals surface area contributed by atoms with Gasteiger partial charge in [-0.05, 0) is 6.42 Å². The number of benzene rings is 1. The van der Waals surface area contributed by atoms with Crippen molar-refractivity contribution in [3.8, 4) is 17.2 Å². The number of carboxylic acid groups (broad SMARTS) is 1. The molecular weight excluding hydrogens is 340 g/mol. The highest BCUT2D eigenvalue weighted by atomic mass is 16.5. The van der Waals surface area contributed by atoms with E-state index in [0.717, 1.165) is 5.69 Å². The second kappa shape index (κ2) is 9.17. The number of hydrogen-bond donors (Lipinski definition) is 1. The molecule has 8 heteroatoms. The number of hydrogen-bond acceptors (Lipinski definition) is 6. The molecule has 0 spiro atoms. The molecule has 26 heavy (non-hydrogen) atoms. The van der Waals surface area contributed by atoms with Crippen LogP contribution < -0.4 is 19.1 Å². The monoisotopic (exact) mass is 366 g/mol. The van der Waals surface area contributed by atoms with Gasteiger partial charge in [0.15, 0.2) is 11.5 Å². The standard InChI is InChI=1S/C18H26N2O6/c1-24-14-11-13(12-15(25-2)18(14)26-3)19-7-9-20(10-8-19)16(21)5-4-6-17(22)23/h11-12H,4-10H2,1-3H3,(H,22,23). The summed E-state index contributed by atoms with van der Waals surface area (Å²) >= 11 is 0. The molecule has 1 aromatic carbocycles. The normalized spacial score (nSPS) is 14.1. The Kier molecular flexibility index (Phi) is 6.94. The molecule has 1 aromatic rings. The number of rotatable bonds is 8. The first-order valence-corrected chi connectivity index (χ1v) is 8.54. The smallest absolute Gasteiger partial charge is 0.303 e. The van der Waals surface area contributed by atoms with Crippen molar-refractivity contribution >= 4 is 17.6 Å². The largest absolute Gasteiger partial charge is 0.493 e. The van der Waals surface area contributed by atoms with Crippen LogP contribution in [0.15, 0.2) is 12.1 Å².